The van der Waals surface area contributed by atoms with E-state index in [2.05, 4.69) is 0 Å². The molecule has 0 amide bonds. The van der Waals surface area contributed by atoms with Crippen LogP contribution in [0, 0.1) is 0 Å². The number of nitrogens with two attached hydrogens (primary N) is 1. The van der Waals surface area contributed by atoms with Gasteiger partial charge in [0.15, 0.2) is 0 Å². The summed E-state index contributed by atoms with van der Waals surface area (Å²) in [5.74, 6) is 0. The molecule has 0 heterocycles. The van der Waals surface area contributed by atoms with Crippen LogP contribution in [0.5, 0.6) is 0 Å². The van der Waals surface area contributed by atoms with Crippen molar-refractivity contribution in [2.75, 3.05) is 20.3 Å². The fraction of sp³-hybridized carbons (Fsp3) is 1.00. The lowest BCUT2D eigenvalue weighted by Gasteiger charge is -2.28. The van der Waals surface area contributed by atoms with E-state index in [4.69, 9.17) is 20.3 Å². The van der Waals surface area contributed by atoms with Gasteiger partial charge in [-0.2, -0.15) is 0 Å². The van der Waals surface area contributed by atoms with Crippen LogP contribution in [0.4, 0.5) is 0 Å². The van der Waals surface area contributed by atoms with E-state index in [1.54, 1.807) is 7.11 Å². The lowest BCUT2D eigenvalue weighted by Crippen LogP contribution is -2.40. The second-order valence-electron chi connectivity index (χ2n) is 5.79. The van der Waals surface area contributed by atoms with E-state index >= 15 is 0 Å². The number of rotatable bonds is 8. The van der Waals surface area contributed by atoms with Crippen molar-refractivity contribution in [3.05, 3.63) is 0 Å². The summed E-state index contributed by atoms with van der Waals surface area (Å²) in [6.07, 6.45) is 8.17. The maximum Gasteiger partial charge on any atom is 0.0608 e. The molecule has 3 atom stereocenters. The van der Waals surface area contributed by atoms with Gasteiger partial charge in [-0.25, -0.2) is 0 Å². The van der Waals surface area contributed by atoms with Crippen molar-refractivity contribution in [1.29, 1.82) is 0 Å². The van der Waals surface area contributed by atoms with Gasteiger partial charge in [0.25, 0.3) is 0 Å². The van der Waals surface area contributed by atoms with Crippen LogP contribution in [0.3, 0.4) is 0 Å². The number of hydrogen-bond donors (Lipinski definition) is 2. The minimum atomic E-state index is -0.439. The predicted molar refractivity (Wildman–Crippen MR) is 72.5 cm³/mol. The van der Waals surface area contributed by atoms with Crippen LogP contribution in [0.1, 0.15) is 51.9 Å². The summed E-state index contributed by atoms with van der Waals surface area (Å²) in [5.41, 5.74) is 5.43. The zero-order valence-corrected chi connectivity index (χ0v) is 11.9. The van der Waals surface area contributed by atoms with Crippen molar-refractivity contribution in [3.8, 4) is 0 Å². The second kappa shape index (κ2) is 8.10. The normalized spacial score (nSPS) is 28.0. The highest BCUT2D eigenvalue weighted by Crippen LogP contribution is 2.23. The second-order valence-corrected chi connectivity index (χ2v) is 5.79. The number of aliphatic hydroxyl groups is 1. The molecule has 1 saturated carbocycles. The Morgan fingerprint density at radius 1 is 1.28 bits per heavy atom. The average Bonchev–Trinajstić information content (AvgIpc) is 2.38. The fourth-order valence-corrected chi connectivity index (χ4v) is 2.43. The zero-order valence-electron chi connectivity index (χ0n) is 11.9. The third-order valence-corrected chi connectivity index (χ3v) is 3.77. The topological polar surface area (TPSA) is 64.7 Å². The van der Waals surface area contributed by atoms with Gasteiger partial charge in [0, 0.05) is 19.3 Å². The molecule has 0 radical (unpaired) electrons. The molecule has 1 rings (SSSR count). The molecule has 3 N–H and O–H groups in total. The Morgan fingerprint density at radius 3 is 2.67 bits per heavy atom. The molecule has 0 aromatic rings. The lowest BCUT2D eigenvalue weighted by molar-refractivity contribution is -0.0305. The van der Waals surface area contributed by atoms with Crippen molar-refractivity contribution in [3.63, 3.8) is 0 Å². The molecule has 0 aromatic heterocycles. The molecular weight excluding hydrogens is 230 g/mol. The standard InChI is InChI=1S/C14H29NO3/c1-14(15,11-16)8-3-4-9-18-13-7-5-6-12(10-13)17-2/h12-13,16H,3-11,15H2,1-2H3. The van der Waals surface area contributed by atoms with Crippen LogP contribution in [0.15, 0.2) is 0 Å². The molecule has 3 unspecified atom stereocenters. The van der Waals surface area contributed by atoms with Gasteiger partial charge in [0.2, 0.25) is 0 Å². The van der Waals surface area contributed by atoms with Crippen molar-refractivity contribution >= 4 is 0 Å². The number of hydrogen-bond acceptors (Lipinski definition) is 4. The maximum atomic E-state index is 9.04. The summed E-state index contributed by atoms with van der Waals surface area (Å²) < 4.78 is 11.3. The Labute approximate surface area is 111 Å². The van der Waals surface area contributed by atoms with E-state index in [0.29, 0.717) is 12.2 Å². The third kappa shape index (κ3) is 6.14. The average molecular weight is 259 g/mol. The van der Waals surface area contributed by atoms with Gasteiger partial charge in [0.1, 0.15) is 0 Å². The molecule has 1 aliphatic carbocycles. The number of ether oxygens (including phenoxy) is 2. The van der Waals surface area contributed by atoms with Gasteiger partial charge in [-0.1, -0.05) is 0 Å². The Bertz CT molecular complexity index is 221. The summed E-state index contributed by atoms with van der Waals surface area (Å²) in [7, 11) is 1.78. The van der Waals surface area contributed by atoms with Crippen molar-refractivity contribution in [2.45, 2.75) is 69.6 Å². The maximum absolute atomic E-state index is 9.04. The van der Waals surface area contributed by atoms with Crippen LogP contribution in [-0.4, -0.2) is 43.2 Å². The monoisotopic (exact) mass is 259 g/mol. The van der Waals surface area contributed by atoms with Crippen LogP contribution in [0.2, 0.25) is 0 Å². The molecule has 108 valence electrons. The highest BCUT2D eigenvalue weighted by molar-refractivity contribution is 4.77. The molecule has 0 saturated heterocycles. The van der Waals surface area contributed by atoms with Crippen molar-refractivity contribution in [2.24, 2.45) is 5.73 Å². The molecule has 4 heteroatoms. The Hall–Kier alpha value is -0.160. The summed E-state index contributed by atoms with van der Waals surface area (Å²) in [6, 6.07) is 0. The first kappa shape index (κ1) is 15.9. The third-order valence-electron chi connectivity index (χ3n) is 3.77. The first-order valence-electron chi connectivity index (χ1n) is 7.11. The molecule has 0 bridgehead atoms. The molecule has 1 aliphatic rings. The van der Waals surface area contributed by atoms with E-state index in [1.807, 2.05) is 6.92 Å². The van der Waals surface area contributed by atoms with Gasteiger partial charge >= 0.3 is 0 Å². The summed E-state index contributed by atoms with van der Waals surface area (Å²) in [5, 5.41) is 9.04. The smallest absolute Gasteiger partial charge is 0.0608 e. The van der Waals surface area contributed by atoms with E-state index in [-0.39, 0.29) is 6.61 Å². The predicted octanol–water partition coefficient (Wildman–Crippen LogP) is 1.84. The highest BCUT2D eigenvalue weighted by Gasteiger charge is 2.22. The zero-order chi connectivity index (χ0) is 13.4. The van der Waals surface area contributed by atoms with Gasteiger partial charge in [0.05, 0.1) is 18.8 Å². The van der Waals surface area contributed by atoms with Crippen LogP contribution in [0.25, 0.3) is 0 Å². The SMILES string of the molecule is COC1CCCC(OCCCCC(C)(N)CO)C1. The van der Waals surface area contributed by atoms with E-state index < -0.39 is 5.54 Å². The molecule has 0 aromatic carbocycles. The number of methoxy groups -OCH3 is 1. The first-order valence-corrected chi connectivity index (χ1v) is 7.11. The quantitative estimate of drug-likeness (QED) is 0.653. The van der Waals surface area contributed by atoms with E-state index in [0.717, 1.165) is 38.7 Å². The Balaban J connectivity index is 2.04. The molecule has 0 spiro atoms. The van der Waals surface area contributed by atoms with Crippen LogP contribution in [-0.2, 0) is 9.47 Å². The minimum absolute atomic E-state index is 0.0476. The molecule has 1 fully saturated rings. The fourth-order valence-electron chi connectivity index (χ4n) is 2.43. The molecular formula is C14H29NO3. The highest BCUT2D eigenvalue weighted by atomic mass is 16.5. The van der Waals surface area contributed by atoms with Gasteiger partial charge in [-0.3, -0.25) is 0 Å². The van der Waals surface area contributed by atoms with Gasteiger partial charge in [-0.15, -0.1) is 0 Å². The summed E-state index contributed by atoms with van der Waals surface area (Å²) in [4.78, 5) is 0. The van der Waals surface area contributed by atoms with Gasteiger partial charge < -0.3 is 20.3 Å². The lowest BCUT2D eigenvalue weighted by atomic mass is 9.95. The molecule has 4 nitrogen and oxygen atoms in total. The van der Waals surface area contributed by atoms with Gasteiger partial charge in [-0.05, 0) is 51.9 Å². The van der Waals surface area contributed by atoms with Crippen molar-refractivity contribution < 1.29 is 14.6 Å². The Kier molecular flexibility index (Phi) is 7.15. The summed E-state index contributed by atoms with van der Waals surface area (Å²) in [6.45, 7) is 2.73. The molecule has 0 aliphatic heterocycles. The van der Waals surface area contributed by atoms with Crippen molar-refractivity contribution in [1.82, 2.24) is 0 Å². The summed E-state index contributed by atoms with van der Waals surface area (Å²) >= 11 is 0. The van der Waals surface area contributed by atoms with E-state index in [1.165, 1.54) is 12.8 Å². The largest absolute Gasteiger partial charge is 0.394 e. The van der Waals surface area contributed by atoms with E-state index in [9.17, 15) is 0 Å². The number of aliphatic hydroxyl groups excluding tert-OH is 1. The van der Waals surface area contributed by atoms with Crippen LogP contribution < -0.4 is 5.73 Å². The first-order chi connectivity index (χ1) is 8.57. The van der Waals surface area contributed by atoms with Crippen LogP contribution >= 0.6 is 0 Å². The number of unbranched alkanes of at least 4 members (excludes halogenated alkanes) is 1. The Morgan fingerprint density at radius 2 is 2.00 bits per heavy atom. The molecule has 18 heavy (non-hydrogen) atoms. The minimum Gasteiger partial charge on any atom is -0.394 e.